The summed E-state index contributed by atoms with van der Waals surface area (Å²) in [6, 6.07) is 0.847. The Morgan fingerprint density at radius 1 is 1.36 bits per heavy atom. The fourth-order valence-electron chi connectivity index (χ4n) is 2.32. The maximum atomic E-state index is 2.41. The van der Waals surface area contributed by atoms with Crippen LogP contribution in [0.15, 0.2) is 12.3 Å². The Hall–Kier alpha value is -0.460. The summed E-state index contributed by atoms with van der Waals surface area (Å²) >= 11 is 0. The largest absolute Gasteiger partial charge is 0.377 e. The van der Waals surface area contributed by atoms with E-state index in [0.29, 0.717) is 0 Å². The van der Waals surface area contributed by atoms with E-state index in [4.69, 9.17) is 0 Å². The van der Waals surface area contributed by atoms with Gasteiger partial charge in [0.25, 0.3) is 0 Å². The van der Waals surface area contributed by atoms with Gasteiger partial charge >= 0.3 is 0 Å². The molecule has 2 aliphatic rings. The number of nitrogens with zero attached hydrogens (tertiary/aromatic N) is 1. The minimum atomic E-state index is 0.847. The highest BCUT2D eigenvalue weighted by atomic mass is 15.1. The summed E-state index contributed by atoms with van der Waals surface area (Å²) < 4.78 is 0. The van der Waals surface area contributed by atoms with Crippen LogP contribution in [0.1, 0.15) is 26.2 Å². The zero-order valence-corrected chi connectivity index (χ0v) is 7.46. The van der Waals surface area contributed by atoms with E-state index in [1.165, 1.54) is 19.3 Å². The Morgan fingerprint density at radius 3 is 2.64 bits per heavy atom. The zero-order valence-electron chi connectivity index (χ0n) is 7.46. The minimum absolute atomic E-state index is 0.847. The molecule has 0 radical (unpaired) electrons. The molecule has 0 amide bonds. The fraction of sp³-hybridized carbons (Fsp3) is 0.800. The van der Waals surface area contributed by atoms with Crippen LogP contribution in [0.25, 0.3) is 0 Å². The maximum absolute atomic E-state index is 2.41. The summed E-state index contributed by atoms with van der Waals surface area (Å²) in [5, 5.41) is 0. The third kappa shape index (κ3) is 1.29. The highest BCUT2D eigenvalue weighted by Gasteiger charge is 2.37. The quantitative estimate of drug-likeness (QED) is 0.555. The van der Waals surface area contributed by atoms with Gasteiger partial charge in [-0.25, -0.2) is 0 Å². The normalized spacial score (nSPS) is 37.8. The van der Waals surface area contributed by atoms with Gasteiger partial charge in [-0.05, 0) is 37.3 Å². The molecule has 2 rings (SSSR count). The molecule has 1 heteroatoms. The number of hydrogen-bond donors (Lipinski definition) is 0. The second-order valence-electron chi connectivity index (χ2n) is 4.09. The summed E-state index contributed by atoms with van der Waals surface area (Å²) in [7, 11) is 2.22. The van der Waals surface area contributed by atoms with Crippen LogP contribution in [-0.4, -0.2) is 18.0 Å². The molecule has 1 aliphatic carbocycles. The highest BCUT2D eigenvalue weighted by molar-refractivity contribution is 5.00. The van der Waals surface area contributed by atoms with Gasteiger partial charge < -0.3 is 4.90 Å². The molecular formula is C10H17N. The average Bonchev–Trinajstić information content (AvgIpc) is 2.70. The van der Waals surface area contributed by atoms with Crippen molar-refractivity contribution in [2.75, 3.05) is 7.05 Å². The van der Waals surface area contributed by atoms with Gasteiger partial charge in [-0.3, -0.25) is 0 Å². The van der Waals surface area contributed by atoms with E-state index >= 15 is 0 Å². The molecule has 0 bridgehead atoms. The van der Waals surface area contributed by atoms with E-state index in [1.54, 1.807) is 0 Å². The maximum Gasteiger partial charge on any atom is 0.0337 e. The molecule has 1 aliphatic heterocycles. The third-order valence-electron chi connectivity index (χ3n) is 3.01. The van der Waals surface area contributed by atoms with Crippen molar-refractivity contribution < 1.29 is 0 Å². The third-order valence-corrected chi connectivity index (χ3v) is 3.01. The van der Waals surface area contributed by atoms with Crippen LogP contribution in [0.2, 0.25) is 0 Å². The van der Waals surface area contributed by atoms with Crippen LogP contribution in [0.4, 0.5) is 0 Å². The van der Waals surface area contributed by atoms with E-state index in [2.05, 4.69) is 31.1 Å². The molecule has 62 valence electrons. The lowest BCUT2D eigenvalue weighted by Crippen LogP contribution is -2.37. The van der Waals surface area contributed by atoms with Crippen LogP contribution >= 0.6 is 0 Å². The van der Waals surface area contributed by atoms with Gasteiger partial charge in [-0.15, -0.1) is 0 Å². The number of rotatable bonds is 1. The van der Waals surface area contributed by atoms with E-state index in [0.717, 1.165) is 17.9 Å². The molecule has 2 atom stereocenters. The van der Waals surface area contributed by atoms with Crippen molar-refractivity contribution >= 4 is 0 Å². The smallest absolute Gasteiger partial charge is 0.0337 e. The fourth-order valence-corrected chi connectivity index (χ4v) is 2.32. The lowest BCUT2D eigenvalue weighted by molar-refractivity contribution is 0.204. The van der Waals surface area contributed by atoms with Crippen LogP contribution in [0.5, 0.6) is 0 Å². The summed E-state index contributed by atoms with van der Waals surface area (Å²) in [6.07, 6.45) is 8.76. The summed E-state index contributed by atoms with van der Waals surface area (Å²) in [5.74, 6) is 1.89. The molecule has 0 aromatic heterocycles. The average molecular weight is 151 g/mol. The first-order valence-corrected chi connectivity index (χ1v) is 4.67. The van der Waals surface area contributed by atoms with Gasteiger partial charge in [-0.2, -0.15) is 0 Å². The van der Waals surface area contributed by atoms with Gasteiger partial charge in [0.05, 0.1) is 0 Å². The van der Waals surface area contributed by atoms with Gasteiger partial charge in [0, 0.05) is 13.1 Å². The lowest BCUT2D eigenvalue weighted by Gasteiger charge is -2.35. The SMILES string of the molecule is CC1CC=CN(C)C1C1CC1. The van der Waals surface area contributed by atoms with Gasteiger partial charge in [-0.1, -0.05) is 13.0 Å². The van der Waals surface area contributed by atoms with Crippen LogP contribution < -0.4 is 0 Å². The van der Waals surface area contributed by atoms with Crippen molar-refractivity contribution in [2.24, 2.45) is 11.8 Å². The monoisotopic (exact) mass is 151 g/mol. The molecule has 2 unspecified atom stereocenters. The topological polar surface area (TPSA) is 3.24 Å². The van der Waals surface area contributed by atoms with Gasteiger partial charge in [0.15, 0.2) is 0 Å². The second-order valence-corrected chi connectivity index (χ2v) is 4.09. The van der Waals surface area contributed by atoms with Crippen molar-refractivity contribution in [2.45, 2.75) is 32.2 Å². The summed E-state index contributed by atoms with van der Waals surface area (Å²) in [5.41, 5.74) is 0. The van der Waals surface area contributed by atoms with Crippen LogP contribution in [0.3, 0.4) is 0 Å². The van der Waals surface area contributed by atoms with Gasteiger partial charge in [0.1, 0.15) is 0 Å². The van der Waals surface area contributed by atoms with Crippen LogP contribution in [0, 0.1) is 11.8 Å². The van der Waals surface area contributed by atoms with Crippen molar-refractivity contribution in [3.05, 3.63) is 12.3 Å². The Kier molecular flexibility index (Phi) is 1.67. The van der Waals surface area contributed by atoms with E-state index < -0.39 is 0 Å². The van der Waals surface area contributed by atoms with Gasteiger partial charge in [0.2, 0.25) is 0 Å². The lowest BCUT2D eigenvalue weighted by atomic mass is 9.91. The Balaban J connectivity index is 2.07. The zero-order chi connectivity index (χ0) is 7.84. The molecule has 1 fully saturated rings. The first-order chi connectivity index (χ1) is 5.29. The molecule has 0 aromatic rings. The molecule has 1 saturated carbocycles. The molecule has 1 heterocycles. The van der Waals surface area contributed by atoms with E-state index in [1.807, 2.05) is 0 Å². The first kappa shape index (κ1) is 7.20. The predicted octanol–water partition coefficient (Wildman–Crippen LogP) is 2.25. The summed E-state index contributed by atoms with van der Waals surface area (Å²) in [6.45, 7) is 2.38. The van der Waals surface area contributed by atoms with Crippen molar-refractivity contribution in [3.63, 3.8) is 0 Å². The molecule has 11 heavy (non-hydrogen) atoms. The Labute approximate surface area is 69.1 Å². The van der Waals surface area contributed by atoms with E-state index in [9.17, 15) is 0 Å². The molecule has 0 saturated heterocycles. The molecule has 0 N–H and O–H groups in total. The summed E-state index contributed by atoms with van der Waals surface area (Å²) in [4.78, 5) is 2.41. The highest BCUT2D eigenvalue weighted by Crippen LogP contribution is 2.40. The second kappa shape index (κ2) is 2.54. The van der Waals surface area contributed by atoms with Crippen LogP contribution in [-0.2, 0) is 0 Å². The number of allylic oxidation sites excluding steroid dienone is 1. The minimum Gasteiger partial charge on any atom is -0.377 e. The van der Waals surface area contributed by atoms with Crippen molar-refractivity contribution in [1.29, 1.82) is 0 Å². The molecule has 0 aromatic carbocycles. The van der Waals surface area contributed by atoms with E-state index in [-0.39, 0.29) is 0 Å². The number of hydrogen-bond acceptors (Lipinski definition) is 1. The molecular weight excluding hydrogens is 134 g/mol. The Bertz CT molecular complexity index is 170. The first-order valence-electron chi connectivity index (χ1n) is 4.67. The van der Waals surface area contributed by atoms with Crippen molar-refractivity contribution in [3.8, 4) is 0 Å². The Morgan fingerprint density at radius 2 is 2.09 bits per heavy atom. The standard InChI is InChI=1S/C10H17N/c1-8-4-3-7-11(2)10(8)9-5-6-9/h3,7-10H,4-6H2,1-2H3. The predicted molar refractivity (Wildman–Crippen MR) is 47.2 cm³/mol. The van der Waals surface area contributed by atoms with Crippen molar-refractivity contribution in [1.82, 2.24) is 4.90 Å². The molecule has 0 spiro atoms. The molecule has 1 nitrogen and oxygen atoms in total.